The summed E-state index contributed by atoms with van der Waals surface area (Å²) in [5, 5.41) is 10.4. The van der Waals surface area contributed by atoms with Crippen molar-refractivity contribution >= 4 is 28.9 Å². The number of nitrogens with zero attached hydrogens (tertiary/aromatic N) is 2. The van der Waals surface area contributed by atoms with Crippen LogP contribution in [0.5, 0.6) is 0 Å². The predicted octanol–water partition coefficient (Wildman–Crippen LogP) is 2.77. The van der Waals surface area contributed by atoms with Crippen LogP contribution < -0.4 is 4.90 Å². The van der Waals surface area contributed by atoms with E-state index < -0.39 is 18.9 Å². The summed E-state index contributed by atoms with van der Waals surface area (Å²) in [5.74, 6) is -0.808. The SMILES string of the molecule is O=C1C(O)N=C(c2ccccc2)c2cc(Cl)ccc2N1CF. The number of aliphatic hydroxyl groups is 1. The van der Waals surface area contributed by atoms with Crippen molar-refractivity contribution in [1.29, 1.82) is 0 Å². The Labute approximate surface area is 131 Å². The van der Waals surface area contributed by atoms with Gasteiger partial charge in [0.25, 0.3) is 5.91 Å². The molecule has 2 aromatic rings. The molecule has 112 valence electrons. The maximum Gasteiger partial charge on any atom is 0.280 e. The second-order valence-corrected chi connectivity index (χ2v) is 5.20. The zero-order chi connectivity index (χ0) is 15.7. The molecular weight excluding hydrogens is 307 g/mol. The minimum Gasteiger partial charge on any atom is -0.364 e. The number of aliphatic hydroxyl groups excluding tert-OH is 1. The lowest BCUT2D eigenvalue weighted by molar-refractivity contribution is -0.126. The average molecular weight is 319 g/mol. The molecule has 0 fully saturated rings. The van der Waals surface area contributed by atoms with E-state index in [1.807, 2.05) is 18.2 Å². The number of aliphatic imine (C=N–C) groups is 1. The fraction of sp³-hybridized carbons (Fsp3) is 0.125. The number of carbonyl (C=O) groups excluding carboxylic acids is 1. The molecule has 0 aliphatic carbocycles. The lowest BCUT2D eigenvalue weighted by Crippen LogP contribution is -2.37. The van der Waals surface area contributed by atoms with Gasteiger partial charge in [-0.2, -0.15) is 0 Å². The summed E-state index contributed by atoms with van der Waals surface area (Å²) < 4.78 is 13.3. The number of hydrogen-bond donors (Lipinski definition) is 1. The average Bonchev–Trinajstić information content (AvgIpc) is 2.64. The zero-order valence-electron chi connectivity index (χ0n) is 11.4. The van der Waals surface area contributed by atoms with Crippen molar-refractivity contribution < 1.29 is 14.3 Å². The second-order valence-electron chi connectivity index (χ2n) is 4.76. The Bertz CT molecular complexity index is 749. The van der Waals surface area contributed by atoms with Crippen LogP contribution in [0.25, 0.3) is 0 Å². The first kappa shape index (κ1) is 14.7. The molecule has 0 aromatic heterocycles. The van der Waals surface area contributed by atoms with Gasteiger partial charge >= 0.3 is 0 Å². The van der Waals surface area contributed by atoms with E-state index >= 15 is 0 Å². The second kappa shape index (κ2) is 5.87. The molecule has 0 spiro atoms. The van der Waals surface area contributed by atoms with Gasteiger partial charge < -0.3 is 5.11 Å². The van der Waals surface area contributed by atoms with Gasteiger partial charge in [0.15, 0.2) is 6.80 Å². The van der Waals surface area contributed by atoms with Crippen LogP contribution in [0.1, 0.15) is 11.1 Å². The number of rotatable bonds is 2. The van der Waals surface area contributed by atoms with Crippen molar-refractivity contribution in [3.63, 3.8) is 0 Å². The molecule has 1 aliphatic heterocycles. The van der Waals surface area contributed by atoms with E-state index in [-0.39, 0.29) is 0 Å². The molecule has 3 rings (SSSR count). The van der Waals surface area contributed by atoms with Crippen LogP contribution in [0.3, 0.4) is 0 Å². The summed E-state index contributed by atoms with van der Waals surface area (Å²) in [6.07, 6.45) is -1.66. The molecular formula is C16H12ClFN2O2. The quantitative estimate of drug-likeness (QED) is 0.866. The van der Waals surface area contributed by atoms with Crippen LogP contribution in [0.4, 0.5) is 10.1 Å². The summed E-state index contributed by atoms with van der Waals surface area (Å²) >= 11 is 6.03. The van der Waals surface area contributed by atoms with Crippen LogP contribution in [0.2, 0.25) is 5.02 Å². The van der Waals surface area contributed by atoms with Crippen LogP contribution in [0, 0.1) is 0 Å². The number of benzodiazepines with no additional fused rings is 1. The zero-order valence-corrected chi connectivity index (χ0v) is 12.2. The molecule has 4 nitrogen and oxygen atoms in total. The number of fused-ring (bicyclic) bond motifs is 1. The highest BCUT2D eigenvalue weighted by atomic mass is 35.5. The molecule has 1 heterocycles. The van der Waals surface area contributed by atoms with Crippen LogP contribution in [-0.2, 0) is 4.79 Å². The van der Waals surface area contributed by atoms with Crippen molar-refractivity contribution in [1.82, 2.24) is 0 Å². The fourth-order valence-corrected chi connectivity index (χ4v) is 2.56. The van der Waals surface area contributed by atoms with Gasteiger partial charge in [-0.1, -0.05) is 41.9 Å². The molecule has 0 bridgehead atoms. The monoisotopic (exact) mass is 318 g/mol. The molecule has 1 N–H and O–H groups in total. The van der Waals surface area contributed by atoms with Gasteiger partial charge in [0.2, 0.25) is 6.23 Å². The van der Waals surface area contributed by atoms with Crippen molar-refractivity contribution in [3.8, 4) is 0 Å². The van der Waals surface area contributed by atoms with Crippen molar-refractivity contribution in [2.75, 3.05) is 11.7 Å². The molecule has 0 saturated heterocycles. The molecule has 1 aliphatic rings. The summed E-state index contributed by atoms with van der Waals surface area (Å²) in [5.41, 5.74) is 1.94. The predicted molar refractivity (Wildman–Crippen MR) is 83.0 cm³/mol. The van der Waals surface area contributed by atoms with Gasteiger partial charge in [-0.25, -0.2) is 9.38 Å². The van der Waals surface area contributed by atoms with Gasteiger partial charge in [-0.15, -0.1) is 0 Å². The number of hydrogen-bond acceptors (Lipinski definition) is 3. The number of halogens is 2. The number of alkyl halides is 1. The van der Waals surface area contributed by atoms with Crippen LogP contribution in [0.15, 0.2) is 53.5 Å². The lowest BCUT2D eigenvalue weighted by Gasteiger charge is -2.20. The molecule has 1 amide bonds. The normalized spacial score (nSPS) is 17.8. The highest BCUT2D eigenvalue weighted by Crippen LogP contribution is 2.30. The summed E-state index contributed by atoms with van der Waals surface area (Å²) in [4.78, 5) is 17.0. The van der Waals surface area contributed by atoms with Crippen LogP contribution >= 0.6 is 11.6 Å². The van der Waals surface area contributed by atoms with E-state index in [4.69, 9.17) is 11.6 Å². The van der Waals surface area contributed by atoms with Gasteiger partial charge in [-0.3, -0.25) is 9.69 Å². The molecule has 1 atom stereocenters. The van der Waals surface area contributed by atoms with Crippen molar-refractivity contribution in [2.24, 2.45) is 4.99 Å². The highest BCUT2D eigenvalue weighted by Gasteiger charge is 2.30. The maximum absolute atomic E-state index is 13.3. The third kappa shape index (κ3) is 2.49. The molecule has 2 aromatic carbocycles. The van der Waals surface area contributed by atoms with E-state index in [0.29, 0.717) is 27.5 Å². The summed E-state index contributed by atoms with van der Waals surface area (Å²) in [6, 6.07) is 13.8. The summed E-state index contributed by atoms with van der Waals surface area (Å²) in [7, 11) is 0. The van der Waals surface area contributed by atoms with Gasteiger partial charge in [0.05, 0.1) is 11.4 Å². The smallest absolute Gasteiger partial charge is 0.280 e. The van der Waals surface area contributed by atoms with Crippen molar-refractivity contribution in [3.05, 3.63) is 64.7 Å². The molecule has 6 heteroatoms. The first-order valence-corrected chi connectivity index (χ1v) is 6.98. The minimum absolute atomic E-state index is 0.330. The Hall–Kier alpha value is -2.24. The molecule has 0 saturated carbocycles. The minimum atomic E-state index is -1.66. The lowest BCUT2D eigenvalue weighted by atomic mass is 10.0. The summed E-state index contributed by atoms with van der Waals surface area (Å²) in [6.45, 7) is -1.05. The number of benzene rings is 2. The largest absolute Gasteiger partial charge is 0.364 e. The Balaban J connectivity index is 2.27. The standard InChI is InChI=1S/C16H12ClFN2O2/c17-11-6-7-13-12(8-11)14(10-4-2-1-3-5-10)19-15(21)16(22)20(13)9-18/h1-8,15,21H,9H2. The van der Waals surface area contributed by atoms with E-state index in [1.54, 1.807) is 30.3 Å². The molecule has 1 unspecified atom stereocenters. The fourth-order valence-electron chi connectivity index (χ4n) is 2.39. The Kier molecular flexibility index (Phi) is 3.92. The first-order chi connectivity index (χ1) is 10.6. The van der Waals surface area contributed by atoms with Crippen LogP contribution in [-0.4, -0.2) is 29.8 Å². The number of carbonyl (C=O) groups is 1. The topological polar surface area (TPSA) is 52.9 Å². The molecule has 22 heavy (non-hydrogen) atoms. The van der Waals surface area contributed by atoms with Gasteiger partial charge in [-0.05, 0) is 18.2 Å². The number of amides is 1. The number of anilines is 1. The first-order valence-electron chi connectivity index (χ1n) is 6.60. The Morgan fingerprint density at radius 1 is 1.23 bits per heavy atom. The Morgan fingerprint density at radius 2 is 1.95 bits per heavy atom. The van der Waals surface area contributed by atoms with Crippen molar-refractivity contribution in [2.45, 2.75) is 6.23 Å². The van der Waals surface area contributed by atoms with E-state index in [9.17, 15) is 14.3 Å². The van der Waals surface area contributed by atoms with Gasteiger partial charge in [0.1, 0.15) is 0 Å². The maximum atomic E-state index is 13.3. The third-order valence-electron chi connectivity index (χ3n) is 3.41. The van der Waals surface area contributed by atoms with E-state index in [1.165, 1.54) is 0 Å². The third-order valence-corrected chi connectivity index (χ3v) is 3.64. The van der Waals surface area contributed by atoms with E-state index in [2.05, 4.69) is 4.99 Å². The Morgan fingerprint density at radius 3 is 2.64 bits per heavy atom. The molecule has 0 radical (unpaired) electrons. The highest BCUT2D eigenvalue weighted by molar-refractivity contribution is 6.32. The van der Waals surface area contributed by atoms with Gasteiger partial charge in [0, 0.05) is 16.1 Å². The van der Waals surface area contributed by atoms with E-state index in [0.717, 1.165) is 4.90 Å².